The fourth-order valence-electron chi connectivity index (χ4n) is 3.60. The first kappa shape index (κ1) is 13.9. The van der Waals surface area contributed by atoms with Gasteiger partial charge in [-0.25, -0.2) is 0 Å². The lowest BCUT2D eigenvalue weighted by Gasteiger charge is -2.34. The van der Waals surface area contributed by atoms with Gasteiger partial charge in [0.1, 0.15) is 0 Å². The second kappa shape index (κ2) is 5.77. The predicted molar refractivity (Wildman–Crippen MR) is 88.3 cm³/mol. The van der Waals surface area contributed by atoms with Crippen molar-refractivity contribution in [2.24, 2.45) is 11.8 Å². The molecule has 2 heteroatoms. The zero-order valence-electron chi connectivity index (χ0n) is 12.8. The summed E-state index contributed by atoms with van der Waals surface area (Å²) in [6, 6.07) is 15.0. The molecule has 0 amide bonds. The summed E-state index contributed by atoms with van der Waals surface area (Å²) in [4.78, 5) is 0. The quantitative estimate of drug-likeness (QED) is 0.843. The van der Waals surface area contributed by atoms with E-state index in [9.17, 15) is 5.26 Å². The predicted octanol–water partition coefficient (Wildman–Crippen LogP) is 4.95. The van der Waals surface area contributed by atoms with Gasteiger partial charge < -0.3 is 5.32 Å². The van der Waals surface area contributed by atoms with E-state index in [0.29, 0.717) is 12.0 Å². The van der Waals surface area contributed by atoms with Crippen molar-refractivity contribution in [1.82, 2.24) is 0 Å². The van der Waals surface area contributed by atoms with Gasteiger partial charge in [0.2, 0.25) is 0 Å². The van der Waals surface area contributed by atoms with Crippen molar-refractivity contribution in [2.75, 3.05) is 5.32 Å². The third kappa shape index (κ3) is 2.74. The van der Waals surface area contributed by atoms with Crippen molar-refractivity contribution in [3.8, 4) is 6.07 Å². The summed E-state index contributed by atoms with van der Waals surface area (Å²) in [6.07, 6.45) is 3.83. The summed E-state index contributed by atoms with van der Waals surface area (Å²) in [7, 11) is 0. The Morgan fingerprint density at radius 1 is 1.05 bits per heavy atom. The van der Waals surface area contributed by atoms with E-state index in [1.165, 1.54) is 19.3 Å². The molecular weight excluding hydrogens is 256 g/mol. The summed E-state index contributed by atoms with van der Waals surface area (Å²) in [5.74, 6) is 1.54. The van der Waals surface area contributed by atoms with Crippen LogP contribution in [0.5, 0.6) is 0 Å². The van der Waals surface area contributed by atoms with Crippen LogP contribution in [0.15, 0.2) is 36.4 Å². The molecule has 0 bridgehead atoms. The van der Waals surface area contributed by atoms with Gasteiger partial charge in [-0.3, -0.25) is 0 Å². The largest absolute Gasteiger partial charge is 0.382 e. The van der Waals surface area contributed by atoms with Gasteiger partial charge >= 0.3 is 0 Å². The average molecular weight is 278 g/mol. The molecule has 1 N–H and O–H groups in total. The maximum absolute atomic E-state index is 9.25. The summed E-state index contributed by atoms with van der Waals surface area (Å²) >= 11 is 0. The van der Waals surface area contributed by atoms with Crippen LogP contribution >= 0.6 is 0 Å². The molecule has 1 aliphatic rings. The lowest BCUT2D eigenvalue weighted by molar-refractivity contribution is 0.276. The highest BCUT2D eigenvalue weighted by atomic mass is 14.9. The topological polar surface area (TPSA) is 35.8 Å². The van der Waals surface area contributed by atoms with Gasteiger partial charge in [0.25, 0.3) is 0 Å². The SMILES string of the molecule is CC1CCC(Nc2ccc(C#N)c3ccccc23)C(C)C1. The Morgan fingerprint density at radius 3 is 2.52 bits per heavy atom. The summed E-state index contributed by atoms with van der Waals surface area (Å²) in [5, 5.41) is 15.2. The lowest BCUT2D eigenvalue weighted by atomic mass is 9.79. The molecule has 0 aliphatic heterocycles. The number of nitriles is 1. The van der Waals surface area contributed by atoms with E-state index < -0.39 is 0 Å². The van der Waals surface area contributed by atoms with Crippen LogP contribution in [0.2, 0.25) is 0 Å². The van der Waals surface area contributed by atoms with E-state index in [-0.39, 0.29) is 0 Å². The normalized spacial score (nSPS) is 25.5. The Labute approximate surface area is 126 Å². The van der Waals surface area contributed by atoms with E-state index in [1.807, 2.05) is 24.3 Å². The summed E-state index contributed by atoms with van der Waals surface area (Å²) in [6.45, 7) is 4.70. The summed E-state index contributed by atoms with van der Waals surface area (Å²) in [5.41, 5.74) is 1.91. The molecule has 3 unspecified atom stereocenters. The smallest absolute Gasteiger partial charge is 0.0998 e. The molecule has 0 heterocycles. The Hall–Kier alpha value is -2.01. The number of fused-ring (bicyclic) bond motifs is 1. The molecule has 1 saturated carbocycles. The number of hydrogen-bond acceptors (Lipinski definition) is 2. The van der Waals surface area contributed by atoms with Gasteiger partial charge in [-0.05, 0) is 43.2 Å². The molecule has 3 atom stereocenters. The number of nitrogens with zero attached hydrogens (tertiary/aromatic N) is 1. The van der Waals surface area contributed by atoms with Gasteiger partial charge in [0, 0.05) is 22.5 Å². The van der Waals surface area contributed by atoms with Crippen molar-refractivity contribution in [3.63, 3.8) is 0 Å². The van der Waals surface area contributed by atoms with Crippen LogP contribution in [-0.2, 0) is 0 Å². The first-order valence-corrected chi connectivity index (χ1v) is 7.87. The molecule has 0 radical (unpaired) electrons. The molecule has 0 spiro atoms. The lowest BCUT2D eigenvalue weighted by Crippen LogP contribution is -2.33. The van der Waals surface area contributed by atoms with Crippen LogP contribution in [0.1, 0.15) is 38.7 Å². The molecule has 1 fully saturated rings. The van der Waals surface area contributed by atoms with Crippen LogP contribution in [0.25, 0.3) is 10.8 Å². The van der Waals surface area contributed by atoms with E-state index in [2.05, 4.69) is 37.4 Å². The minimum Gasteiger partial charge on any atom is -0.382 e. The van der Waals surface area contributed by atoms with Crippen molar-refractivity contribution in [1.29, 1.82) is 5.26 Å². The maximum atomic E-state index is 9.25. The molecule has 2 aromatic carbocycles. The molecular formula is C19H22N2. The Bertz CT molecular complexity index is 684. The monoisotopic (exact) mass is 278 g/mol. The number of benzene rings is 2. The van der Waals surface area contributed by atoms with Crippen molar-refractivity contribution in [2.45, 2.75) is 39.2 Å². The van der Waals surface area contributed by atoms with E-state index in [1.54, 1.807) is 0 Å². The minimum absolute atomic E-state index is 0.539. The number of hydrogen-bond donors (Lipinski definition) is 1. The van der Waals surface area contributed by atoms with Crippen LogP contribution in [0.3, 0.4) is 0 Å². The van der Waals surface area contributed by atoms with Gasteiger partial charge in [-0.2, -0.15) is 5.26 Å². The van der Waals surface area contributed by atoms with Gasteiger partial charge in [-0.1, -0.05) is 38.1 Å². The average Bonchev–Trinajstić information content (AvgIpc) is 2.50. The maximum Gasteiger partial charge on any atom is 0.0998 e. The first-order valence-electron chi connectivity index (χ1n) is 7.87. The second-order valence-electron chi connectivity index (χ2n) is 6.46. The third-order valence-corrected chi connectivity index (χ3v) is 4.82. The molecule has 0 saturated heterocycles. The Balaban J connectivity index is 1.93. The Kier molecular flexibility index (Phi) is 3.84. The van der Waals surface area contributed by atoms with Gasteiger partial charge in [0.05, 0.1) is 11.6 Å². The zero-order chi connectivity index (χ0) is 14.8. The molecule has 3 rings (SSSR count). The highest BCUT2D eigenvalue weighted by molar-refractivity contribution is 5.97. The Morgan fingerprint density at radius 2 is 1.81 bits per heavy atom. The van der Waals surface area contributed by atoms with Gasteiger partial charge in [-0.15, -0.1) is 0 Å². The van der Waals surface area contributed by atoms with Crippen LogP contribution < -0.4 is 5.32 Å². The second-order valence-corrected chi connectivity index (χ2v) is 6.46. The minimum atomic E-state index is 0.539. The third-order valence-electron chi connectivity index (χ3n) is 4.82. The highest BCUT2D eigenvalue weighted by Crippen LogP contribution is 2.33. The molecule has 108 valence electrons. The molecule has 21 heavy (non-hydrogen) atoms. The zero-order valence-corrected chi connectivity index (χ0v) is 12.8. The fourth-order valence-corrected chi connectivity index (χ4v) is 3.60. The van der Waals surface area contributed by atoms with Crippen molar-refractivity contribution in [3.05, 3.63) is 42.0 Å². The van der Waals surface area contributed by atoms with Crippen LogP contribution in [0, 0.1) is 23.2 Å². The number of nitrogens with one attached hydrogen (secondary N) is 1. The highest BCUT2D eigenvalue weighted by Gasteiger charge is 2.25. The molecule has 2 aromatic rings. The van der Waals surface area contributed by atoms with E-state index in [4.69, 9.17) is 0 Å². The van der Waals surface area contributed by atoms with E-state index in [0.717, 1.165) is 27.9 Å². The van der Waals surface area contributed by atoms with Crippen molar-refractivity contribution >= 4 is 16.5 Å². The van der Waals surface area contributed by atoms with Crippen LogP contribution in [-0.4, -0.2) is 6.04 Å². The van der Waals surface area contributed by atoms with E-state index >= 15 is 0 Å². The molecule has 0 aromatic heterocycles. The van der Waals surface area contributed by atoms with Crippen molar-refractivity contribution < 1.29 is 0 Å². The number of anilines is 1. The fraction of sp³-hybridized carbons (Fsp3) is 0.421. The first-order chi connectivity index (χ1) is 10.2. The van der Waals surface area contributed by atoms with Gasteiger partial charge in [0.15, 0.2) is 0 Å². The summed E-state index contributed by atoms with van der Waals surface area (Å²) < 4.78 is 0. The standard InChI is InChI=1S/C19H22N2/c1-13-7-9-18(14(2)11-13)21-19-10-8-15(12-20)16-5-3-4-6-17(16)19/h3-6,8,10,13-14,18,21H,7,9,11H2,1-2H3. The number of rotatable bonds is 2. The molecule has 2 nitrogen and oxygen atoms in total. The van der Waals surface area contributed by atoms with Crippen LogP contribution in [0.4, 0.5) is 5.69 Å². The molecule has 1 aliphatic carbocycles.